The minimum atomic E-state index is -0.441. The zero-order valence-corrected chi connectivity index (χ0v) is 14.4. The van der Waals surface area contributed by atoms with Crippen LogP contribution in [0.1, 0.15) is 27.4 Å². The first-order valence-electron chi connectivity index (χ1n) is 7.67. The van der Waals surface area contributed by atoms with Gasteiger partial charge in [-0.15, -0.1) is 11.8 Å². The predicted molar refractivity (Wildman–Crippen MR) is 92.8 cm³/mol. The summed E-state index contributed by atoms with van der Waals surface area (Å²) in [5.74, 6) is 0.542. The molecule has 128 valence electrons. The Morgan fingerprint density at radius 3 is 2.80 bits per heavy atom. The molecule has 0 radical (unpaired) electrons. The van der Waals surface area contributed by atoms with Gasteiger partial charge in [0.05, 0.1) is 11.3 Å². The van der Waals surface area contributed by atoms with Crippen molar-refractivity contribution in [1.29, 1.82) is 0 Å². The third-order valence-corrected chi connectivity index (χ3v) is 4.53. The summed E-state index contributed by atoms with van der Waals surface area (Å²) in [6.45, 7) is 1.86. The van der Waals surface area contributed by atoms with Gasteiger partial charge in [-0.3, -0.25) is 0 Å². The number of ether oxygens (including phenoxy) is 1. The summed E-state index contributed by atoms with van der Waals surface area (Å²) in [5.41, 5.74) is 1.89. The van der Waals surface area contributed by atoms with E-state index in [9.17, 15) is 9.18 Å². The van der Waals surface area contributed by atoms with Crippen LogP contribution in [0.25, 0.3) is 0 Å². The molecule has 0 bridgehead atoms. The molecule has 0 spiro atoms. The lowest BCUT2D eigenvalue weighted by Crippen LogP contribution is -2.06. The van der Waals surface area contributed by atoms with E-state index in [1.54, 1.807) is 24.3 Å². The highest BCUT2D eigenvalue weighted by atomic mass is 32.2. The SMILES string of the molecule is Cc1cc(CSc2ccccc2C(=O)OCc2cccc(F)c2)no1. The summed E-state index contributed by atoms with van der Waals surface area (Å²) in [5, 5.41) is 3.94. The number of rotatable bonds is 6. The van der Waals surface area contributed by atoms with Crippen LogP contribution in [0.15, 0.2) is 64.0 Å². The maximum absolute atomic E-state index is 13.2. The average molecular weight is 357 g/mol. The number of esters is 1. The van der Waals surface area contributed by atoms with Gasteiger partial charge in [-0.2, -0.15) is 0 Å². The van der Waals surface area contributed by atoms with Gasteiger partial charge < -0.3 is 9.26 Å². The van der Waals surface area contributed by atoms with Gasteiger partial charge in [-0.05, 0) is 36.8 Å². The molecule has 3 aromatic rings. The Hall–Kier alpha value is -2.60. The van der Waals surface area contributed by atoms with Gasteiger partial charge in [-0.25, -0.2) is 9.18 Å². The molecule has 4 nitrogen and oxygen atoms in total. The number of hydrogen-bond donors (Lipinski definition) is 0. The van der Waals surface area contributed by atoms with E-state index in [2.05, 4.69) is 5.16 Å². The normalized spacial score (nSPS) is 10.6. The number of thioether (sulfide) groups is 1. The van der Waals surface area contributed by atoms with Crippen molar-refractivity contribution >= 4 is 17.7 Å². The molecule has 0 saturated heterocycles. The second kappa shape index (κ2) is 7.98. The van der Waals surface area contributed by atoms with E-state index >= 15 is 0 Å². The van der Waals surface area contributed by atoms with Gasteiger partial charge in [0.25, 0.3) is 0 Å². The van der Waals surface area contributed by atoms with E-state index < -0.39 is 5.97 Å². The van der Waals surface area contributed by atoms with Crippen LogP contribution in [-0.4, -0.2) is 11.1 Å². The first kappa shape index (κ1) is 17.2. The molecule has 0 aliphatic rings. The highest BCUT2D eigenvalue weighted by Gasteiger charge is 2.14. The van der Waals surface area contributed by atoms with Crippen LogP contribution in [-0.2, 0) is 17.1 Å². The zero-order chi connectivity index (χ0) is 17.6. The van der Waals surface area contributed by atoms with Crippen molar-refractivity contribution in [3.63, 3.8) is 0 Å². The van der Waals surface area contributed by atoms with Gasteiger partial charge in [0.1, 0.15) is 18.2 Å². The van der Waals surface area contributed by atoms with E-state index in [1.165, 1.54) is 23.9 Å². The minimum absolute atomic E-state index is 0.0259. The van der Waals surface area contributed by atoms with Crippen LogP contribution < -0.4 is 0 Å². The number of benzene rings is 2. The molecule has 3 rings (SSSR count). The van der Waals surface area contributed by atoms with Gasteiger partial charge in [-0.1, -0.05) is 29.4 Å². The zero-order valence-electron chi connectivity index (χ0n) is 13.6. The molecule has 25 heavy (non-hydrogen) atoms. The summed E-state index contributed by atoms with van der Waals surface area (Å²) < 4.78 is 23.5. The monoisotopic (exact) mass is 357 g/mol. The van der Waals surface area contributed by atoms with Crippen molar-refractivity contribution in [2.24, 2.45) is 0 Å². The Morgan fingerprint density at radius 2 is 2.04 bits per heavy atom. The smallest absolute Gasteiger partial charge is 0.339 e. The highest BCUT2D eigenvalue weighted by molar-refractivity contribution is 7.98. The van der Waals surface area contributed by atoms with Crippen molar-refractivity contribution in [1.82, 2.24) is 5.16 Å². The number of carbonyl (C=O) groups is 1. The number of hydrogen-bond acceptors (Lipinski definition) is 5. The molecule has 2 aromatic carbocycles. The van der Waals surface area contributed by atoms with Gasteiger partial charge in [0.2, 0.25) is 0 Å². The van der Waals surface area contributed by atoms with Gasteiger partial charge in [0, 0.05) is 16.7 Å². The Labute approximate surface area is 149 Å². The molecule has 0 amide bonds. The molecule has 0 unspecified atom stereocenters. The fraction of sp³-hybridized carbons (Fsp3) is 0.158. The second-order valence-electron chi connectivity index (χ2n) is 5.42. The van der Waals surface area contributed by atoms with Gasteiger partial charge in [0.15, 0.2) is 0 Å². The molecule has 6 heteroatoms. The molecular formula is C19H16FNO3S. The highest BCUT2D eigenvalue weighted by Crippen LogP contribution is 2.27. The standard InChI is InChI=1S/C19H16FNO3S/c1-13-9-16(21-24-13)12-25-18-8-3-2-7-17(18)19(22)23-11-14-5-4-6-15(20)10-14/h2-10H,11-12H2,1H3. The fourth-order valence-electron chi connectivity index (χ4n) is 2.25. The fourth-order valence-corrected chi connectivity index (χ4v) is 3.17. The number of carbonyl (C=O) groups excluding carboxylic acids is 1. The predicted octanol–water partition coefficient (Wildman–Crippen LogP) is 4.77. The van der Waals surface area contributed by atoms with Crippen LogP contribution >= 0.6 is 11.8 Å². The lowest BCUT2D eigenvalue weighted by atomic mass is 10.2. The summed E-state index contributed by atoms with van der Waals surface area (Å²) in [4.78, 5) is 13.2. The number of halogens is 1. The molecule has 0 aliphatic heterocycles. The van der Waals surface area contributed by atoms with Crippen molar-refractivity contribution < 1.29 is 18.4 Å². The van der Waals surface area contributed by atoms with Crippen molar-refractivity contribution in [3.05, 3.63) is 83.0 Å². The third kappa shape index (κ3) is 4.70. The molecule has 0 fully saturated rings. The van der Waals surface area contributed by atoms with E-state index in [0.717, 1.165) is 16.3 Å². The quantitative estimate of drug-likeness (QED) is 0.470. The van der Waals surface area contributed by atoms with E-state index in [1.807, 2.05) is 25.1 Å². The number of nitrogens with zero attached hydrogens (tertiary/aromatic N) is 1. The topological polar surface area (TPSA) is 52.3 Å². The molecule has 1 heterocycles. The minimum Gasteiger partial charge on any atom is -0.457 e. The Kier molecular flexibility index (Phi) is 5.50. The Bertz CT molecular complexity index is 878. The van der Waals surface area contributed by atoms with Crippen LogP contribution in [0.2, 0.25) is 0 Å². The maximum Gasteiger partial charge on any atom is 0.339 e. The molecule has 0 atom stereocenters. The van der Waals surface area contributed by atoms with Crippen molar-refractivity contribution in [3.8, 4) is 0 Å². The second-order valence-corrected chi connectivity index (χ2v) is 6.44. The average Bonchev–Trinajstić information content (AvgIpc) is 3.03. The van der Waals surface area contributed by atoms with Crippen LogP contribution in [0.3, 0.4) is 0 Å². The molecule has 0 N–H and O–H groups in total. The summed E-state index contributed by atoms with van der Waals surface area (Å²) in [7, 11) is 0. The maximum atomic E-state index is 13.2. The van der Waals surface area contributed by atoms with E-state index in [0.29, 0.717) is 16.9 Å². The van der Waals surface area contributed by atoms with E-state index in [-0.39, 0.29) is 12.4 Å². The Morgan fingerprint density at radius 1 is 1.20 bits per heavy atom. The Balaban J connectivity index is 1.65. The van der Waals surface area contributed by atoms with Crippen LogP contribution in [0, 0.1) is 12.7 Å². The van der Waals surface area contributed by atoms with Crippen molar-refractivity contribution in [2.75, 3.05) is 0 Å². The first-order valence-corrected chi connectivity index (χ1v) is 8.66. The molecule has 1 aromatic heterocycles. The van der Waals surface area contributed by atoms with Crippen LogP contribution in [0.4, 0.5) is 4.39 Å². The van der Waals surface area contributed by atoms with Crippen molar-refractivity contribution in [2.45, 2.75) is 24.2 Å². The first-order chi connectivity index (χ1) is 12.1. The number of aryl methyl sites for hydroxylation is 1. The lowest BCUT2D eigenvalue weighted by molar-refractivity contribution is 0.0468. The van der Waals surface area contributed by atoms with Crippen LogP contribution in [0.5, 0.6) is 0 Å². The molecule has 0 aliphatic carbocycles. The lowest BCUT2D eigenvalue weighted by Gasteiger charge is -2.09. The van der Waals surface area contributed by atoms with Gasteiger partial charge >= 0.3 is 5.97 Å². The summed E-state index contributed by atoms with van der Waals surface area (Å²) in [6.07, 6.45) is 0. The largest absolute Gasteiger partial charge is 0.457 e. The third-order valence-electron chi connectivity index (χ3n) is 3.42. The molecule has 0 saturated carbocycles. The summed E-state index contributed by atoms with van der Waals surface area (Å²) in [6, 6.07) is 15.1. The molecular weight excluding hydrogens is 341 g/mol. The van der Waals surface area contributed by atoms with E-state index in [4.69, 9.17) is 9.26 Å². The summed E-state index contributed by atoms with van der Waals surface area (Å²) >= 11 is 1.48. The number of aromatic nitrogens is 1.